The van der Waals surface area contributed by atoms with E-state index in [1.807, 2.05) is 28.9 Å². The molecule has 0 saturated carbocycles. The molecule has 0 radical (unpaired) electrons. The molecule has 0 spiro atoms. The first-order chi connectivity index (χ1) is 14.9. The molecule has 0 atom stereocenters. The molecule has 0 aliphatic carbocycles. The molecule has 4 rings (SSSR count). The van der Waals surface area contributed by atoms with E-state index in [0.717, 1.165) is 11.3 Å². The first-order valence-corrected chi connectivity index (χ1v) is 10.7. The average molecular weight is 445 g/mol. The normalized spacial score (nSPS) is 17.0. The van der Waals surface area contributed by atoms with Crippen LogP contribution in [0.5, 0.6) is 0 Å². The van der Waals surface area contributed by atoms with Gasteiger partial charge in [0.05, 0.1) is 18.1 Å². The number of halogens is 1. The Bertz CT molecular complexity index is 985. The summed E-state index contributed by atoms with van der Waals surface area (Å²) in [5, 5.41) is 12.1. The summed E-state index contributed by atoms with van der Waals surface area (Å²) in [6.07, 6.45) is 0. The van der Waals surface area contributed by atoms with Gasteiger partial charge < -0.3 is 19.4 Å². The van der Waals surface area contributed by atoms with E-state index < -0.39 is 0 Å². The fraction of sp³-hybridized carbons (Fsp3) is 0.409. The van der Waals surface area contributed by atoms with Crippen LogP contribution in [-0.4, -0.2) is 68.2 Å². The molecule has 2 aromatic rings. The second-order valence-corrected chi connectivity index (χ2v) is 8.18. The van der Waals surface area contributed by atoms with E-state index in [1.165, 1.54) is 0 Å². The molecule has 2 aliphatic heterocycles. The minimum absolute atomic E-state index is 0.0285. The van der Waals surface area contributed by atoms with Crippen molar-refractivity contribution in [2.24, 2.45) is 0 Å². The maximum atomic E-state index is 12.8. The predicted octanol–water partition coefficient (Wildman–Crippen LogP) is 3.36. The van der Waals surface area contributed by atoms with Gasteiger partial charge >= 0.3 is 0 Å². The van der Waals surface area contributed by atoms with Gasteiger partial charge in [-0.1, -0.05) is 17.7 Å². The molecule has 0 unspecified atom stereocenters. The number of rotatable bonds is 4. The Balaban J connectivity index is 1.47. The van der Waals surface area contributed by atoms with Crippen molar-refractivity contribution in [1.82, 2.24) is 4.90 Å². The lowest BCUT2D eigenvalue weighted by Gasteiger charge is -2.37. The van der Waals surface area contributed by atoms with Gasteiger partial charge in [-0.25, -0.2) is 0 Å². The van der Waals surface area contributed by atoms with Gasteiger partial charge in [0.2, 0.25) is 0 Å². The molecule has 2 aliphatic rings. The number of carbonyl (C=O) groups is 1. The van der Waals surface area contributed by atoms with E-state index >= 15 is 0 Å². The van der Waals surface area contributed by atoms with Crippen LogP contribution in [0.2, 0.25) is 5.02 Å². The van der Waals surface area contributed by atoms with Crippen LogP contribution in [0, 0.1) is 17.0 Å². The van der Waals surface area contributed by atoms with Crippen molar-refractivity contribution in [2.75, 3.05) is 62.3 Å². The number of nitrogens with zero attached hydrogens (tertiary/aromatic N) is 4. The third kappa shape index (κ3) is 4.60. The fourth-order valence-electron chi connectivity index (χ4n) is 4.00. The quantitative estimate of drug-likeness (QED) is 0.531. The molecular weight excluding hydrogens is 420 g/mol. The van der Waals surface area contributed by atoms with Crippen LogP contribution in [-0.2, 0) is 4.74 Å². The highest BCUT2D eigenvalue weighted by atomic mass is 35.5. The van der Waals surface area contributed by atoms with E-state index in [-0.39, 0.29) is 16.5 Å². The van der Waals surface area contributed by atoms with E-state index in [9.17, 15) is 14.9 Å². The highest BCUT2D eigenvalue weighted by Gasteiger charge is 2.26. The summed E-state index contributed by atoms with van der Waals surface area (Å²) in [6.45, 7) is 6.76. The van der Waals surface area contributed by atoms with Crippen LogP contribution in [0.25, 0.3) is 0 Å². The third-order valence-electron chi connectivity index (χ3n) is 5.86. The zero-order valence-electron chi connectivity index (χ0n) is 17.4. The van der Waals surface area contributed by atoms with Crippen molar-refractivity contribution < 1.29 is 14.5 Å². The molecular formula is C22H25ClN4O4. The summed E-state index contributed by atoms with van der Waals surface area (Å²) in [7, 11) is 0. The van der Waals surface area contributed by atoms with Gasteiger partial charge in [0.1, 0.15) is 5.69 Å². The molecule has 0 bridgehead atoms. The van der Waals surface area contributed by atoms with Crippen LogP contribution in [0.1, 0.15) is 15.9 Å². The average Bonchev–Trinajstić information content (AvgIpc) is 2.80. The number of hydrogen-bond donors (Lipinski definition) is 0. The summed E-state index contributed by atoms with van der Waals surface area (Å²) in [6, 6.07) is 10.6. The Morgan fingerprint density at radius 2 is 1.71 bits per heavy atom. The van der Waals surface area contributed by atoms with Gasteiger partial charge in [0.15, 0.2) is 0 Å². The molecule has 0 aromatic heterocycles. The number of hydrogen-bond acceptors (Lipinski definition) is 6. The minimum atomic E-state index is -0.335. The van der Waals surface area contributed by atoms with E-state index in [1.54, 1.807) is 24.3 Å². The minimum Gasteiger partial charge on any atom is -0.378 e. The van der Waals surface area contributed by atoms with Crippen molar-refractivity contribution in [2.45, 2.75) is 6.92 Å². The highest BCUT2D eigenvalue weighted by molar-refractivity contribution is 6.31. The lowest BCUT2D eigenvalue weighted by molar-refractivity contribution is -0.384. The number of ether oxygens (including phenoxy) is 1. The topological polar surface area (TPSA) is 79.2 Å². The van der Waals surface area contributed by atoms with Gasteiger partial charge in [-0.2, -0.15) is 0 Å². The van der Waals surface area contributed by atoms with Crippen LogP contribution < -0.4 is 9.80 Å². The lowest BCUT2D eigenvalue weighted by Crippen LogP contribution is -2.48. The summed E-state index contributed by atoms with van der Waals surface area (Å²) in [5.41, 5.74) is 3.19. The second-order valence-electron chi connectivity index (χ2n) is 7.77. The third-order valence-corrected chi connectivity index (χ3v) is 6.27. The van der Waals surface area contributed by atoms with Crippen molar-refractivity contribution >= 4 is 34.6 Å². The van der Waals surface area contributed by atoms with Gasteiger partial charge in [0.25, 0.3) is 11.6 Å². The van der Waals surface area contributed by atoms with Gasteiger partial charge in [-0.05, 0) is 36.8 Å². The maximum Gasteiger partial charge on any atom is 0.292 e. The summed E-state index contributed by atoms with van der Waals surface area (Å²) >= 11 is 6.18. The molecule has 0 N–H and O–H groups in total. The number of benzene rings is 2. The Kier molecular flexibility index (Phi) is 6.29. The zero-order chi connectivity index (χ0) is 22.0. The smallest absolute Gasteiger partial charge is 0.292 e. The molecule has 2 aromatic carbocycles. The molecule has 164 valence electrons. The molecule has 2 fully saturated rings. The first kappa shape index (κ1) is 21.4. The van der Waals surface area contributed by atoms with E-state index in [4.69, 9.17) is 16.3 Å². The SMILES string of the molecule is Cc1ccc(C(=O)N2CCN(c3ccc([N+](=O)[O-])c(N4CCOCC4)c3)CC2)cc1Cl. The highest BCUT2D eigenvalue weighted by Crippen LogP contribution is 2.33. The second kappa shape index (κ2) is 9.11. The fourth-order valence-corrected chi connectivity index (χ4v) is 4.18. The standard InChI is InChI=1S/C22H25ClN4O4/c1-16-2-3-17(14-19(16)23)22(28)26-8-6-24(7-9-26)18-4-5-20(27(29)30)21(15-18)25-10-12-31-13-11-25/h2-5,14-15H,6-13H2,1H3. The predicted molar refractivity (Wildman–Crippen MR) is 120 cm³/mol. The van der Waals surface area contributed by atoms with Crippen molar-refractivity contribution in [3.05, 3.63) is 62.7 Å². The van der Waals surface area contributed by atoms with Crippen molar-refractivity contribution in [3.63, 3.8) is 0 Å². The van der Waals surface area contributed by atoms with Crippen LogP contribution in [0.4, 0.5) is 17.1 Å². The summed E-state index contributed by atoms with van der Waals surface area (Å²) < 4.78 is 5.38. The van der Waals surface area contributed by atoms with Crippen LogP contribution >= 0.6 is 11.6 Å². The van der Waals surface area contributed by atoms with Crippen LogP contribution in [0.3, 0.4) is 0 Å². The van der Waals surface area contributed by atoms with Gasteiger partial charge in [0, 0.05) is 61.6 Å². The van der Waals surface area contributed by atoms with E-state index in [0.29, 0.717) is 68.8 Å². The number of amides is 1. The summed E-state index contributed by atoms with van der Waals surface area (Å²) in [4.78, 5) is 30.0. The van der Waals surface area contributed by atoms with Gasteiger partial charge in [-0.15, -0.1) is 0 Å². The molecule has 8 nitrogen and oxygen atoms in total. The van der Waals surface area contributed by atoms with Crippen LogP contribution in [0.15, 0.2) is 36.4 Å². The number of morpholine rings is 1. The Morgan fingerprint density at radius 3 is 2.35 bits per heavy atom. The molecule has 2 heterocycles. The van der Waals surface area contributed by atoms with Crippen molar-refractivity contribution in [3.8, 4) is 0 Å². The number of nitro benzene ring substituents is 1. The Hall–Kier alpha value is -2.84. The first-order valence-electron chi connectivity index (χ1n) is 10.4. The number of carbonyl (C=O) groups excluding carboxylic acids is 1. The lowest BCUT2D eigenvalue weighted by atomic mass is 10.1. The van der Waals surface area contributed by atoms with Gasteiger partial charge in [-0.3, -0.25) is 14.9 Å². The number of anilines is 2. The summed E-state index contributed by atoms with van der Waals surface area (Å²) in [5.74, 6) is -0.0285. The Labute approximate surface area is 186 Å². The molecule has 31 heavy (non-hydrogen) atoms. The number of aryl methyl sites for hydroxylation is 1. The maximum absolute atomic E-state index is 12.8. The number of nitro groups is 1. The van der Waals surface area contributed by atoms with Crippen molar-refractivity contribution in [1.29, 1.82) is 0 Å². The molecule has 2 saturated heterocycles. The van der Waals surface area contributed by atoms with E-state index in [2.05, 4.69) is 4.90 Å². The molecule has 1 amide bonds. The number of piperazine rings is 1. The molecule has 9 heteroatoms. The zero-order valence-corrected chi connectivity index (χ0v) is 18.2. The largest absolute Gasteiger partial charge is 0.378 e. The monoisotopic (exact) mass is 444 g/mol. The Morgan fingerprint density at radius 1 is 1.00 bits per heavy atom.